The summed E-state index contributed by atoms with van der Waals surface area (Å²) >= 11 is 0. The number of amides is 1. The first-order valence-electron chi connectivity index (χ1n) is 8.06. The zero-order chi connectivity index (χ0) is 18.0. The van der Waals surface area contributed by atoms with Crippen molar-refractivity contribution in [2.75, 3.05) is 18.6 Å². The van der Waals surface area contributed by atoms with Crippen LogP contribution in [0.2, 0.25) is 0 Å². The van der Waals surface area contributed by atoms with Gasteiger partial charge in [-0.15, -0.1) is 0 Å². The van der Waals surface area contributed by atoms with Crippen molar-refractivity contribution < 1.29 is 19.0 Å². The number of carbonyl (C=O) groups is 1. The lowest BCUT2D eigenvalue weighted by Gasteiger charge is -2.23. The Morgan fingerprint density at radius 1 is 1.24 bits per heavy atom. The minimum atomic E-state index is -0.292. The fourth-order valence-corrected chi connectivity index (χ4v) is 3.06. The topological polar surface area (TPSA) is 49.8 Å². The van der Waals surface area contributed by atoms with E-state index in [0.717, 1.165) is 5.56 Å². The molecule has 1 aliphatic heterocycles. The lowest BCUT2D eigenvalue weighted by molar-refractivity contribution is -0.118. The van der Waals surface area contributed by atoms with Gasteiger partial charge in [-0.3, -0.25) is 4.79 Å². The Hall–Kier alpha value is -2.66. The second-order valence-corrected chi connectivity index (χ2v) is 6.05. The molecule has 0 aromatic heterocycles. The molecule has 5 heteroatoms. The molecule has 4 nitrogen and oxygen atoms in total. The summed E-state index contributed by atoms with van der Waals surface area (Å²) in [6.45, 7) is 1.70. The maximum absolute atomic E-state index is 13.9. The van der Waals surface area contributed by atoms with Crippen molar-refractivity contribution >= 4 is 17.4 Å². The molecule has 3 rings (SSSR count). The summed E-state index contributed by atoms with van der Waals surface area (Å²) in [7, 11) is 1.53. The highest BCUT2D eigenvalue weighted by molar-refractivity contribution is 6.00. The second kappa shape index (κ2) is 7.07. The number of aryl methyl sites for hydroxylation is 1. The van der Waals surface area contributed by atoms with E-state index in [2.05, 4.69) is 0 Å². The maximum atomic E-state index is 13.9. The van der Waals surface area contributed by atoms with Crippen molar-refractivity contribution in [2.45, 2.75) is 19.9 Å². The van der Waals surface area contributed by atoms with E-state index in [1.807, 2.05) is 30.3 Å². The molecule has 1 N–H and O–H groups in total. The number of nitrogens with zero attached hydrogens (tertiary/aromatic N) is 1. The molecule has 1 heterocycles. The van der Waals surface area contributed by atoms with Gasteiger partial charge in [0.15, 0.2) is 0 Å². The fraction of sp³-hybridized carbons (Fsp3) is 0.250. The van der Waals surface area contributed by atoms with Crippen molar-refractivity contribution in [1.82, 2.24) is 0 Å². The number of methoxy groups -OCH3 is 1. The number of anilines is 1. The van der Waals surface area contributed by atoms with E-state index in [1.54, 1.807) is 17.9 Å². The maximum Gasteiger partial charge on any atom is 0.231 e. The van der Waals surface area contributed by atoms with Crippen LogP contribution in [0.3, 0.4) is 0 Å². The Balaban J connectivity index is 2.06. The number of aliphatic hydroxyl groups is 1. The highest BCUT2D eigenvalue weighted by atomic mass is 19.1. The van der Waals surface area contributed by atoms with Gasteiger partial charge in [0.05, 0.1) is 32.4 Å². The largest absolute Gasteiger partial charge is 0.496 e. The summed E-state index contributed by atoms with van der Waals surface area (Å²) in [6.07, 6.45) is 0.0582. The van der Waals surface area contributed by atoms with Crippen molar-refractivity contribution in [2.24, 2.45) is 0 Å². The molecule has 0 atom stereocenters. The quantitative estimate of drug-likeness (QED) is 0.927. The number of hydrogen-bond acceptors (Lipinski definition) is 3. The molecule has 2 aromatic carbocycles. The molecule has 25 heavy (non-hydrogen) atoms. The average molecular weight is 341 g/mol. The number of benzene rings is 2. The van der Waals surface area contributed by atoms with E-state index in [0.29, 0.717) is 28.1 Å². The summed E-state index contributed by atoms with van der Waals surface area (Å²) in [5.74, 6) is 0.0633. The molecule has 0 spiro atoms. The number of ether oxygens (including phenoxy) is 1. The molecule has 0 bridgehead atoms. The Labute approximate surface area is 146 Å². The van der Waals surface area contributed by atoms with Gasteiger partial charge in [-0.25, -0.2) is 4.39 Å². The number of fused-ring (bicyclic) bond motifs is 1. The highest BCUT2D eigenvalue weighted by Crippen LogP contribution is 2.35. The van der Waals surface area contributed by atoms with Crippen LogP contribution in [0.1, 0.15) is 23.1 Å². The van der Waals surface area contributed by atoms with Gasteiger partial charge in [0.1, 0.15) is 11.6 Å². The molecule has 0 aliphatic carbocycles. The van der Waals surface area contributed by atoms with Crippen LogP contribution in [0.15, 0.2) is 48.0 Å². The number of para-hydroxylation sites is 1. The molecular formula is C20H20FNO3. The van der Waals surface area contributed by atoms with Crippen molar-refractivity contribution in [3.8, 4) is 0 Å². The van der Waals surface area contributed by atoms with E-state index in [9.17, 15) is 14.3 Å². The van der Waals surface area contributed by atoms with Crippen molar-refractivity contribution in [3.63, 3.8) is 0 Å². The zero-order valence-electron chi connectivity index (χ0n) is 14.3. The molecule has 0 unspecified atom stereocenters. The predicted octanol–water partition coefficient (Wildman–Crippen LogP) is 3.42. The van der Waals surface area contributed by atoms with Gasteiger partial charge in [0.2, 0.25) is 5.91 Å². The number of halogens is 1. The van der Waals surface area contributed by atoms with Crippen LogP contribution >= 0.6 is 0 Å². The van der Waals surface area contributed by atoms with E-state index in [1.165, 1.54) is 13.2 Å². The first-order valence-corrected chi connectivity index (χ1v) is 8.06. The highest BCUT2D eigenvalue weighted by Gasteiger charge is 2.28. The minimum absolute atomic E-state index is 0.0582. The van der Waals surface area contributed by atoms with Crippen LogP contribution < -0.4 is 4.90 Å². The van der Waals surface area contributed by atoms with Gasteiger partial charge in [-0.2, -0.15) is 0 Å². The van der Waals surface area contributed by atoms with Crippen molar-refractivity contribution in [3.05, 3.63) is 70.5 Å². The minimum Gasteiger partial charge on any atom is -0.496 e. The summed E-state index contributed by atoms with van der Waals surface area (Å²) in [5, 5.41) is 9.65. The zero-order valence-corrected chi connectivity index (χ0v) is 14.3. The smallest absolute Gasteiger partial charge is 0.231 e. The van der Waals surface area contributed by atoms with E-state index < -0.39 is 0 Å². The average Bonchev–Trinajstić information content (AvgIpc) is 2.73. The summed E-state index contributed by atoms with van der Waals surface area (Å²) in [6, 6.07) is 12.3. The van der Waals surface area contributed by atoms with Gasteiger partial charge >= 0.3 is 0 Å². The monoisotopic (exact) mass is 341 g/mol. The van der Waals surface area contributed by atoms with E-state index >= 15 is 0 Å². The standard InChI is InChI=1S/C20H20FNO3/c1-13-7-8-14(9-17(13)21)11-22-18-6-4-3-5-16(18)20(25-2)15(12-23)10-19(22)24/h3-9,23H,10-12H2,1-2H3. The Morgan fingerprint density at radius 3 is 2.68 bits per heavy atom. The first kappa shape index (κ1) is 17.2. The number of hydrogen-bond donors (Lipinski definition) is 1. The second-order valence-electron chi connectivity index (χ2n) is 6.05. The molecule has 0 fully saturated rings. The van der Waals surface area contributed by atoms with Gasteiger partial charge < -0.3 is 14.7 Å². The third-order valence-corrected chi connectivity index (χ3v) is 4.40. The summed E-state index contributed by atoms with van der Waals surface area (Å²) < 4.78 is 19.3. The first-order chi connectivity index (χ1) is 12.0. The lowest BCUT2D eigenvalue weighted by atomic mass is 10.1. The van der Waals surface area contributed by atoms with E-state index in [-0.39, 0.29) is 31.3 Å². The van der Waals surface area contributed by atoms with Crippen LogP contribution in [-0.2, 0) is 16.1 Å². The van der Waals surface area contributed by atoms with Crippen molar-refractivity contribution in [1.29, 1.82) is 0 Å². The molecule has 0 saturated carbocycles. The molecule has 0 saturated heterocycles. The Bertz CT molecular complexity index is 845. The summed E-state index contributed by atoms with van der Waals surface area (Å²) in [5.41, 5.74) is 3.24. The molecular weight excluding hydrogens is 321 g/mol. The Morgan fingerprint density at radius 2 is 2.00 bits per heavy atom. The van der Waals surface area contributed by atoms with E-state index in [4.69, 9.17) is 4.74 Å². The molecule has 0 radical (unpaired) electrons. The van der Waals surface area contributed by atoms with Gasteiger partial charge in [-0.1, -0.05) is 24.3 Å². The number of carbonyl (C=O) groups excluding carboxylic acids is 1. The third-order valence-electron chi connectivity index (χ3n) is 4.40. The SMILES string of the molecule is COC1=C(CO)CC(=O)N(Cc2ccc(C)c(F)c2)c2ccccc21. The van der Waals surface area contributed by atoms with Gasteiger partial charge in [0, 0.05) is 11.1 Å². The lowest BCUT2D eigenvalue weighted by Crippen LogP contribution is -2.30. The van der Waals surface area contributed by atoms with Crippen LogP contribution in [0.4, 0.5) is 10.1 Å². The number of aliphatic hydroxyl groups excluding tert-OH is 1. The molecule has 2 aromatic rings. The van der Waals surface area contributed by atoms with Crippen LogP contribution in [0.5, 0.6) is 0 Å². The molecule has 1 aliphatic rings. The summed E-state index contributed by atoms with van der Waals surface area (Å²) in [4.78, 5) is 14.4. The van der Waals surface area contributed by atoms with Gasteiger partial charge in [0.25, 0.3) is 0 Å². The molecule has 130 valence electrons. The Kier molecular flexibility index (Phi) is 4.86. The fourth-order valence-electron chi connectivity index (χ4n) is 3.06. The third kappa shape index (κ3) is 3.28. The van der Waals surface area contributed by atoms with Crippen LogP contribution in [-0.4, -0.2) is 24.7 Å². The molecule has 1 amide bonds. The van der Waals surface area contributed by atoms with Gasteiger partial charge in [-0.05, 0) is 36.2 Å². The normalized spacial score (nSPS) is 14.4. The number of rotatable bonds is 4. The predicted molar refractivity (Wildman–Crippen MR) is 94.4 cm³/mol. The van der Waals surface area contributed by atoms with Crippen LogP contribution in [0.25, 0.3) is 5.76 Å². The van der Waals surface area contributed by atoms with Crippen LogP contribution in [0, 0.1) is 12.7 Å².